The number of benzene rings is 1. The van der Waals surface area contributed by atoms with Crippen LogP contribution in [0.4, 0.5) is 9.18 Å². The molecule has 0 spiro atoms. The highest BCUT2D eigenvalue weighted by molar-refractivity contribution is 6.00. The molecular formula is C13H12FNO4. The number of carbonyl (C=O) groups is 3. The van der Waals surface area contributed by atoms with Gasteiger partial charge in [0.1, 0.15) is 11.6 Å². The maximum atomic E-state index is 13.3. The minimum atomic E-state index is -0.845. The highest BCUT2D eigenvalue weighted by Crippen LogP contribution is 2.31. The molecule has 5 nitrogen and oxygen atoms in total. The monoisotopic (exact) mass is 265 g/mol. The molecule has 19 heavy (non-hydrogen) atoms. The minimum absolute atomic E-state index is 0.0504. The lowest BCUT2D eigenvalue weighted by Gasteiger charge is -2.41. The van der Waals surface area contributed by atoms with Crippen molar-refractivity contribution in [3.05, 3.63) is 29.6 Å². The molecule has 0 radical (unpaired) electrons. The first-order chi connectivity index (χ1) is 8.85. The van der Waals surface area contributed by atoms with Crippen molar-refractivity contribution < 1.29 is 23.5 Å². The second-order valence-electron chi connectivity index (χ2n) is 4.94. The molecule has 2 rings (SSSR count). The lowest BCUT2D eigenvalue weighted by Crippen LogP contribution is -2.61. The van der Waals surface area contributed by atoms with Crippen LogP contribution in [0.2, 0.25) is 0 Å². The molecule has 6 heteroatoms. The molecule has 0 atom stereocenters. The van der Waals surface area contributed by atoms with E-state index in [0.717, 1.165) is 11.0 Å². The highest BCUT2D eigenvalue weighted by atomic mass is 19.1. The summed E-state index contributed by atoms with van der Waals surface area (Å²) in [5.41, 5.74) is -0.688. The summed E-state index contributed by atoms with van der Waals surface area (Å²) < 4.78 is 18.2. The third kappa shape index (κ3) is 2.33. The molecule has 0 saturated carbocycles. The molecule has 0 aliphatic carbocycles. The van der Waals surface area contributed by atoms with Gasteiger partial charge in [-0.15, -0.1) is 0 Å². The van der Waals surface area contributed by atoms with Crippen LogP contribution in [0.5, 0.6) is 5.75 Å². The van der Waals surface area contributed by atoms with Gasteiger partial charge in [0.25, 0.3) is 0 Å². The molecular weight excluding hydrogens is 253 g/mol. The predicted octanol–water partition coefficient (Wildman–Crippen LogP) is 2.01. The molecule has 100 valence electrons. The molecule has 0 bridgehead atoms. The number of imide groups is 1. The van der Waals surface area contributed by atoms with Crippen molar-refractivity contribution >= 4 is 18.3 Å². The third-order valence-corrected chi connectivity index (χ3v) is 2.90. The third-order valence-electron chi connectivity index (χ3n) is 2.90. The Balaban J connectivity index is 2.06. The Labute approximate surface area is 109 Å². The Morgan fingerprint density at radius 3 is 2.63 bits per heavy atom. The number of hydrogen-bond acceptors (Lipinski definition) is 4. The van der Waals surface area contributed by atoms with Crippen molar-refractivity contribution in [2.75, 3.05) is 6.54 Å². The standard InChI is InChI=1S/C13H12FNO4/c1-13(2)7-15(11(13)17)12(18)19-9-4-3-8(6-16)10(14)5-9/h3-6H,7H2,1-2H3. The minimum Gasteiger partial charge on any atom is -0.410 e. The van der Waals surface area contributed by atoms with Gasteiger partial charge in [-0.1, -0.05) is 0 Å². The molecule has 1 aromatic rings. The number of ether oxygens (including phenoxy) is 1. The van der Waals surface area contributed by atoms with Crippen LogP contribution < -0.4 is 4.74 Å². The van der Waals surface area contributed by atoms with Crippen LogP contribution in [0, 0.1) is 11.2 Å². The van der Waals surface area contributed by atoms with Gasteiger partial charge < -0.3 is 4.74 Å². The van der Waals surface area contributed by atoms with E-state index in [1.807, 2.05) is 0 Å². The Morgan fingerprint density at radius 2 is 2.16 bits per heavy atom. The van der Waals surface area contributed by atoms with E-state index in [1.165, 1.54) is 12.1 Å². The van der Waals surface area contributed by atoms with Gasteiger partial charge >= 0.3 is 6.09 Å². The van der Waals surface area contributed by atoms with Crippen LogP contribution >= 0.6 is 0 Å². The fourth-order valence-electron chi connectivity index (χ4n) is 1.78. The number of rotatable bonds is 2. The molecule has 0 aromatic heterocycles. The van der Waals surface area contributed by atoms with Gasteiger partial charge in [-0.2, -0.15) is 0 Å². The number of likely N-dealkylation sites (tertiary alicyclic amines) is 1. The molecule has 1 heterocycles. The maximum absolute atomic E-state index is 13.3. The summed E-state index contributed by atoms with van der Waals surface area (Å²) in [6, 6.07) is 3.42. The number of carbonyl (C=O) groups excluding carboxylic acids is 3. The van der Waals surface area contributed by atoms with Crippen LogP contribution in [0.25, 0.3) is 0 Å². The second-order valence-corrected chi connectivity index (χ2v) is 4.94. The van der Waals surface area contributed by atoms with E-state index < -0.39 is 17.3 Å². The van der Waals surface area contributed by atoms with Crippen molar-refractivity contribution in [2.45, 2.75) is 13.8 Å². The highest BCUT2D eigenvalue weighted by Gasteiger charge is 2.48. The molecule has 1 fully saturated rings. The number of aldehydes is 1. The van der Waals surface area contributed by atoms with E-state index in [0.29, 0.717) is 6.29 Å². The first kappa shape index (κ1) is 13.2. The van der Waals surface area contributed by atoms with Gasteiger partial charge in [-0.25, -0.2) is 14.1 Å². The molecule has 2 amide bonds. The zero-order valence-electron chi connectivity index (χ0n) is 10.5. The fraction of sp³-hybridized carbons (Fsp3) is 0.308. The fourth-order valence-corrected chi connectivity index (χ4v) is 1.78. The largest absolute Gasteiger partial charge is 0.422 e. The van der Waals surface area contributed by atoms with Gasteiger partial charge in [0.05, 0.1) is 11.0 Å². The molecule has 1 aliphatic heterocycles. The van der Waals surface area contributed by atoms with Crippen LogP contribution in [-0.2, 0) is 4.79 Å². The van der Waals surface area contributed by atoms with E-state index >= 15 is 0 Å². The molecule has 1 aliphatic rings. The summed E-state index contributed by atoms with van der Waals surface area (Å²) in [4.78, 5) is 34.6. The number of nitrogens with zero attached hydrogens (tertiary/aromatic N) is 1. The van der Waals surface area contributed by atoms with Gasteiger partial charge in [0.2, 0.25) is 5.91 Å². The molecule has 1 saturated heterocycles. The summed E-state index contributed by atoms with van der Waals surface area (Å²) >= 11 is 0. The zero-order valence-corrected chi connectivity index (χ0v) is 10.5. The van der Waals surface area contributed by atoms with Gasteiger partial charge in [-0.05, 0) is 26.0 Å². The average Bonchev–Trinajstić information content (AvgIpc) is 2.36. The van der Waals surface area contributed by atoms with E-state index in [9.17, 15) is 18.8 Å². The summed E-state index contributed by atoms with van der Waals surface area (Å²) in [6.45, 7) is 3.70. The normalized spacial score (nSPS) is 16.8. The van der Waals surface area contributed by atoms with Crippen molar-refractivity contribution in [2.24, 2.45) is 5.41 Å². The average molecular weight is 265 g/mol. The van der Waals surface area contributed by atoms with Gasteiger partial charge in [-0.3, -0.25) is 9.59 Å². The lowest BCUT2D eigenvalue weighted by atomic mass is 9.84. The Hall–Kier alpha value is -2.24. The summed E-state index contributed by atoms with van der Waals surface area (Å²) in [7, 11) is 0. The van der Waals surface area contributed by atoms with Crippen molar-refractivity contribution in [3.8, 4) is 5.75 Å². The van der Waals surface area contributed by atoms with Crippen molar-refractivity contribution in [3.63, 3.8) is 0 Å². The van der Waals surface area contributed by atoms with E-state index in [1.54, 1.807) is 13.8 Å². The molecule has 0 N–H and O–H groups in total. The van der Waals surface area contributed by atoms with Crippen LogP contribution in [-0.4, -0.2) is 29.7 Å². The smallest absolute Gasteiger partial charge is 0.410 e. The summed E-state index contributed by atoms with van der Waals surface area (Å²) in [5, 5.41) is 0. The SMILES string of the molecule is CC1(C)CN(C(=O)Oc2ccc(C=O)c(F)c2)C1=O. The van der Waals surface area contributed by atoms with Gasteiger partial charge in [0, 0.05) is 12.6 Å². The molecule has 0 unspecified atom stereocenters. The number of hydrogen-bond donors (Lipinski definition) is 0. The Morgan fingerprint density at radius 1 is 1.47 bits per heavy atom. The number of amides is 2. The maximum Gasteiger partial charge on any atom is 0.422 e. The van der Waals surface area contributed by atoms with E-state index in [4.69, 9.17) is 4.74 Å². The topological polar surface area (TPSA) is 63.7 Å². The first-order valence-corrected chi connectivity index (χ1v) is 5.63. The number of halogens is 1. The lowest BCUT2D eigenvalue weighted by molar-refractivity contribution is -0.152. The first-order valence-electron chi connectivity index (χ1n) is 5.63. The Bertz CT molecular complexity index is 568. The van der Waals surface area contributed by atoms with E-state index in [2.05, 4.69) is 0 Å². The van der Waals surface area contributed by atoms with E-state index in [-0.39, 0.29) is 23.8 Å². The van der Waals surface area contributed by atoms with Crippen LogP contribution in [0.3, 0.4) is 0 Å². The van der Waals surface area contributed by atoms with Crippen molar-refractivity contribution in [1.82, 2.24) is 4.90 Å². The Kier molecular flexibility index (Phi) is 3.09. The quantitative estimate of drug-likeness (QED) is 0.606. The van der Waals surface area contributed by atoms with Crippen LogP contribution in [0.15, 0.2) is 18.2 Å². The van der Waals surface area contributed by atoms with Crippen LogP contribution in [0.1, 0.15) is 24.2 Å². The van der Waals surface area contributed by atoms with Gasteiger partial charge in [0.15, 0.2) is 6.29 Å². The second kappa shape index (κ2) is 4.46. The summed E-state index contributed by atoms with van der Waals surface area (Å²) in [6.07, 6.45) is -0.481. The summed E-state index contributed by atoms with van der Waals surface area (Å²) in [5.74, 6) is -1.16. The number of β-lactam (4-membered cyclic amide) rings is 1. The van der Waals surface area contributed by atoms with Crippen molar-refractivity contribution in [1.29, 1.82) is 0 Å². The molecule has 1 aromatic carbocycles. The predicted molar refractivity (Wildman–Crippen MR) is 63.3 cm³/mol. The zero-order chi connectivity index (χ0) is 14.2.